The molecule has 28 heavy (non-hydrogen) atoms. The van der Waals surface area contributed by atoms with Crippen molar-refractivity contribution in [2.45, 2.75) is 57.5 Å². The van der Waals surface area contributed by atoms with Crippen LogP contribution in [-0.4, -0.2) is 34.7 Å². The van der Waals surface area contributed by atoms with E-state index < -0.39 is 5.60 Å². The lowest BCUT2D eigenvalue weighted by Crippen LogP contribution is -2.43. The molecule has 2 N–H and O–H groups in total. The first-order chi connectivity index (χ1) is 13.5. The first-order valence-electron chi connectivity index (χ1n) is 10.8. The van der Waals surface area contributed by atoms with Crippen molar-refractivity contribution in [1.29, 1.82) is 0 Å². The van der Waals surface area contributed by atoms with Gasteiger partial charge in [0.1, 0.15) is 5.75 Å². The SMILES string of the molecule is CC(C)CCC(O)(c1ccc(O)cc1)C(CN1CCCCC1)c1ccccc1. The fourth-order valence-corrected chi connectivity index (χ4v) is 4.40. The van der Waals surface area contributed by atoms with Crippen LogP contribution in [0.2, 0.25) is 0 Å². The van der Waals surface area contributed by atoms with Crippen LogP contribution in [-0.2, 0) is 5.60 Å². The molecule has 0 spiro atoms. The summed E-state index contributed by atoms with van der Waals surface area (Å²) in [6, 6.07) is 17.6. The zero-order valence-electron chi connectivity index (χ0n) is 17.3. The highest BCUT2D eigenvalue weighted by Crippen LogP contribution is 2.42. The maximum Gasteiger partial charge on any atom is 0.115 e. The molecule has 1 fully saturated rings. The van der Waals surface area contributed by atoms with Crippen LogP contribution in [0.4, 0.5) is 0 Å². The van der Waals surface area contributed by atoms with Gasteiger partial charge in [-0.1, -0.05) is 62.7 Å². The molecule has 2 aromatic rings. The van der Waals surface area contributed by atoms with Crippen LogP contribution in [0, 0.1) is 5.92 Å². The molecule has 3 nitrogen and oxygen atoms in total. The van der Waals surface area contributed by atoms with E-state index >= 15 is 0 Å². The first kappa shape index (κ1) is 20.9. The number of hydrogen-bond donors (Lipinski definition) is 2. The second kappa shape index (κ2) is 9.58. The number of likely N-dealkylation sites (tertiary alicyclic amines) is 1. The van der Waals surface area contributed by atoms with E-state index in [9.17, 15) is 10.2 Å². The monoisotopic (exact) mass is 381 g/mol. The van der Waals surface area contributed by atoms with Gasteiger partial charge in [0.15, 0.2) is 0 Å². The first-order valence-corrected chi connectivity index (χ1v) is 10.8. The highest BCUT2D eigenvalue weighted by atomic mass is 16.3. The Labute approximate surface area is 170 Å². The van der Waals surface area contributed by atoms with Gasteiger partial charge in [0.05, 0.1) is 5.60 Å². The molecule has 3 rings (SSSR count). The lowest BCUT2D eigenvalue weighted by atomic mass is 9.73. The predicted octanol–water partition coefficient (Wildman–Crippen LogP) is 5.29. The van der Waals surface area contributed by atoms with Gasteiger partial charge >= 0.3 is 0 Å². The molecule has 0 bridgehead atoms. The zero-order valence-corrected chi connectivity index (χ0v) is 17.3. The Hall–Kier alpha value is -1.84. The summed E-state index contributed by atoms with van der Waals surface area (Å²) in [6.45, 7) is 7.50. The fourth-order valence-electron chi connectivity index (χ4n) is 4.40. The van der Waals surface area contributed by atoms with E-state index in [1.807, 2.05) is 18.2 Å². The largest absolute Gasteiger partial charge is 0.508 e. The van der Waals surface area contributed by atoms with Crippen LogP contribution in [0.15, 0.2) is 54.6 Å². The number of aliphatic hydroxyl groups is 1. The predicted molar refractivity (Wildman–Crippen MR) is 116 cm³/mol. The molecule has 2 aromatic carbocycles. The molecule has 0 aromatic heterocycles. The average molecular weight is 382 g/mol. The third-order valence-corrected chi connectivity index (χ3v) is 6.14. The number of rotatable bonds is 8. The van der Waals surface area contributed by atoms with Crippen LogP contribution in [0.3, 0.4) is 0 Å². The highest BCUT2D eigenvalue weighted by Gasteiger charge is 2.40. The molecule has 2 atom stereocenters. The van der Waals surface area contributed by atoms with E-state index in [-0.39, 0.29) is 11.7 Å². The van der Waals surface area contributed by atoms with Crippen molar-refractivity contribution in [3.05, 3.63) is 65.7 Å². The number of hydrogen-bond acceptors (Lipinski definition) is 3. The zero-order chi connectivity index (χ0) is 20.0. The maximum atomic E-state index is 12.2. The highest BCUT2D eigenvalue weighted by molar-refractivity contribution is 5.35. The van der Waals surface area contributed by atoms with Gasteiger partial charge in [0.2, 0.25) is 0 Å². The minimum Gasteiger partial charge on any atom is -0.508 e. The molecule has 0 radical (unpaired) electrons. The minimum absolute atomic E-state index is 0.00454. The number of phenolic OH excluding ortho intramolecular Hbond substituents is 1. The molecule has 3 heteroatoms. The van der Waals surface area contributed by atoms with Crippen molar-refractivity contribution < 1.29 is 10.2 Å². The van der Waals surface area contributed by atoms with Crippen LogP contribution >= 0.6 is 0 Å². The summed E-state index contributed by atoms with van der Waals surface area (Å²) in [5.41, 5.74) is 1.13. The van der Waals surface area contributed by atoms with Gasteiger partial charge in [-0.05, 0) is 68.0 Å². The molecule has 0 aliphatic carbocycles. The van der Waals surface area contributed by atoms with Crippen molar-refractivity contribution in [1.82, 2.24) is 4.90 Å². The van der Waals surface area contributed by atoms with E-state index in [1.54, 1.807) is 12.1 Å². The fraction of sp³-hybridized carbons (Fsp3) is 0.520. The molecule has 152 valence electrons. The summed E-state index contributed by atoms with van der Waals surface area (Å²) in [4.78, 5) is 2.52. The summed E-state index contributed by atoms with van der Waals surface area (Å²) < 4.78 is 0. The number of piperidine rings is 1. The Balaban J connectivity index is 1.99. The van der Waals surface area contributed by atoms with E-state index in [4.69, 9.17) is 0 Å². The molecule has 1 saturated heterocycles. The summed E-state index contributed by atoms with van der Waals surface area (Å²) in [5, 5.41) is 21.9. The van der Waals surface area contributed by atoms with Crippen molar-refractivity contribution in [2.24, 2.45) is 5.92 Å². The summed E-state index contributed by atoms with van der Waals surface area (Å²) in [7, 11) is 0. The van der Waals surface area contributed by atoms with Crippen LogP contribution in [0.25, 0.3) is 0 Å². The number of aromatic hydroxyl groups is 1. The standard InChI is InChI=1S/C25H35NO2/c1-20(2)15-16-25(28,22-11-13-23(27)14-12-22)24(21-9-5-3-6-10-21)19-26-17-7-4-8-18-26/h3,5-6,9-14,20,24,27-28H,4,7-8,15-19H2,1-2H3. The molecule has 1 heterocycles. The van der Waals surface area contributed by atoms with Gasteiger partial charge in [-0.25, -0.2) is 0 Å². The quantitative estimate of drug-likeness (QED) is 0.653. The Morgan fingerprint density at radius 2 is 1.57 bits per heavy atom. The van der Waals surface area contributed by atoms with Crippen LogP contribution in [0.1, 0.15) is 63.0 Å². The van der Waals surface area contributed by atoms with Crippen molar-refractivity contribution in [3.63, 3.8) is 0 Å². The second-order valence-corrected chi connectivity index (χ2v) is 8.73. The van der Waals surface area contributed by atoms with Gasteiger partial charge in [-0.3, -0.25) is 0 Å². The summed E-state index contributed by atoms with van der Waals surface area (Å²) in [5.74, 6) is 0.757. The second-order valence-electron chi connectivity index (χ2n) is 8.73. The number of nitrogens with zero attached hydrogens (tertiary/aromatic N) is 1. The summed E-state index contributed by atoms with van der Waals surface area (Å²) >= 11 is 0. The minimum atomic E-state index is -0.962. The number of benzene rings is 2. The van der Waals surface area contributed by atoms with Gasteiger partial charge < -0.3 is 15.1 Å². The van der Waals surface area contributed by atoms with Crippen molar-refractivity contribution >= 4 is 0 Å². The van der Waals surface area contributed by atoms with E-state index in [2.05, 4.69) is 43.0 Å². The van der Waals surface area contributed by atoms with Crippen molar-refractivity contribution in [3.8, 4) is 5.75 Å². The molecular weight excluding hydrogens is 346 g/mol. The molecule has 0 amide bonds. The maximum absolute atomic E-state index is 12.2. The van der Waals surface area contributed by atoms with Gasteiger partial charge in [0, 0.05) is 12.5 Å². The van der Waals surface area contributed by atoms with Crippen LogP contribution in [0.5, 0.6) is 5.75 Å². The molecular formula is C25H35NO2. The smallest absolute Gasteiger partial charge is 0.115 e. The third kappa shape index (κ3) is 5.15. The van der Waals surface area contributed by atoms with E-state index in [0.717, 1.165) is 31.6 Å². The Bertz CT molecular complexity index is 707. The van der Waals surface area contributed by atoms with Crippen LogP contribution < -0.4 is 0 Å². The molecule has 1 aliphatic rings. The van der Waals surface area contributed by atoms with Gasteiger partial charge in [0.25, 0.3) is 0 Å². The lowest BCUT2D eigenvalue weighted by molar-refractivity contribution is -0.0187. The molecule has 1 aliphatic heterocycles. The van der Waals surface area contributed by atoms with Gasteiger partial charge in [-0.2, -0.15) is 0 Å². The third-order valence-electron chi connectivity index (χ3n) is 6.14. The average Bonchev–Trinajstić information content (AvgIpc) is 2.72. The Kier molecular flexibility index (Phi) is 7.14. The topological polar surface area (TPSA) is 43.7 Å². The normalized spacial score (nSPS) is 18.7. The summed E-state index contributed by atoms with van der Waals surface area (Å²) in [6.07, 6.45) is 5.46. The molecule has 2 unspecified atom stereocenters. The van der Waals surface area contributed by atoms with E-state index in [0.29, 0.717) is 12.3 Å². The van der Waals surface area contributed by atoms with Crippen molar-refractivity contribution in [2.75, 3.05) is 19.6 Å². The number of phenols is 1. The van der Waals surface area contributed by atoms with Gasteiger partial charge in [-0.15, -0.1) is 0 Å². The lowest BCUT2D eigenvalue weighted by Gasteiger charge is -2.41. The van der Waals surface area contributed by atoms with E-state index in [1.165, 1.54) is 24.8 Å². The Morgan fingerprint density at radius 1 is 0.929 bits per heavy atom. The Morgan fingerprint density at radius 3 is 2.18 bits per heavy atom. The molecule has 0 saturated carbocycles.